The van der Waals surface area contributed by atoms with E-state index < -0.39 is 23.4 Å². The molecule has 0 unspecified atom stereocenters. The van der Waals surface area contributed by atoms with Crippen LogP contribution < -0.4 is 10.1 Å². The molecule has 0 spiro atoms. The molecule has 3 aromatic carbocycles. The maximum atomic E-state index is 14.2. The Morgan fingerprint density at radius 1 is 0.970 bits per heavy atom. The van der Waals surface area contributed by atoms with Crippen molar-refractivity contribution >= 4 is 27.5 Å². The molecule has 9 heteroatoms. The molecule has 0 aliphatic carbocycles. The van der Waals surface area contributed by atoms with E-state index in [0.717, 1.165) is 0 Å². The topological polar surface area (TPSA) is 56.2 Å². The van der Waals surface area contributed by atoms with Gasteiger partial charge in [0.15, 0.2) is 0 Å². The van der Waals surface area contributed by atoms with E-state index in [1.54, 1.807) is 30.3 Å². The van der Waals surface area contributed by atoms with Gasteiger partial charge in [-0.05, 0) is 53.6 Å². The van der Waals surface area contributed by atoms with Crippen LogP contribution in [-0.2, 0) is 13.2 Å². The fourth-order valence-corrected chi connectivity index (χ4v) is 3.46. The lowest BCUT2D eigenvalue weighted by atomic mass is 10.2. The molecule has 1 aromatic heterocycles. The van der Waals surface area contributed by atoms with E-state index >= 15 is 0 Å². The first-order valence-corrected chi connectivity index (χ1v) is 10.6. The Labute approximate surface area is 195 Å². The molecule has 0 fully saturated rings. The number of nitrogens with zero attached hydrogens (tertiary/aromatic N) is 2. The average Bonchev–Trinajstić information content (AvgIpc) is 3.17. The van der Waals surface area contributed by atoms with Crippen molar-refractivity contribution in [2.75, 3.05) is 5.32 Å². The number of halogens is 4. The number of carbonyl (C=O) groups is 1. The monoisotopic (exact) mass is 515 g/mol. The molecular formula is C24H17BrF3N3O2. The summed E-state index contributed by atoms with van der Waals surface area (Å²) >= 11 is 3.17. The number of amides is 1. The minimum absolute atomic E-state index is 0.0165. The number of nitrogens with one attached hydrogen (secondary N) is 1. The van der Waals surface area contributed by atoms with Crippen LogP contribution in [0.2, 0.25) is 0 Å². The van der Waals surface area contributed by atoms with Gasteiger partial charge in [-0.1, -0.05) is 40.2 Å². The molecule has 1 amide bonds. The first-order chi connectivity index (χ1) is 15.9. The third kappa shape index (κ3) is 5.81. The summed E-state index contributed by atoms with van der Waals surface area (Å²) in [5.74, 6) is -2.10. The van der Waals surface area contributed by atoms with Crippen LogP contribution in [0.1, 0.15) is 21.5 Å². The number of carbonyl (C=O) groups excluding carboxylic acids is 1. The summed E-state index contributed by atoms with van der Waals surface area (Å²) in [6, 6.07) is 16.0. The Bertz CT molecular complexity index is 1310. The predicted octanol–water partition coefficient (Wildman–Crippen LogP) is 5.94. The zero-order valence-electron chi connectivity index (χ0n) is 17.1. The van der Waals surface area contributed by atoms with Crippen LogP contribution >= 0.6 is 15.9 Å². The minimum atomic E-state index is -0.643. The molecular weight excluding hydrogens is 499 g/mol. The summed E-state index contributed by atoms with van der Waals surface area (Å²) in [7, 11) is 0. The van der Waals surface area contributed by atoms with Gasteiger partial charge in [-0.15, -0.1) is 5.10 Å². The molecule has 0 aliphatic rings. The molecule has 5 nitrogen and oxygen atoms in total. The molecule has 0 aliphatic heterocycles. The second kappa shape index (κ2) is 9.91. The van der Waals surface area contributed by atoms with Crippen molar-refractivity contribution in [1.82, 2.24) is 9.78 Å². The van der Waals surface area contributed by atoms with Crippen molar-refractivity contribution in [3.63, 3.8) is 0 Å². The fourth-order valence-electron chi connectivity index (χ4n) is 3.13. The van der Waals surface area contributed by atoms with E-state index in [4.69, 9.17) is 4.74 Å². The van der Waals surface area contributed by atoms with E-state index in [0.29, 0.717) is 15.6 Å². The highest BCUT2D eigenvalue weighted by molar-refractivity contribution is 9.10. The standard InChI is InChI=1S/C24H17BrF3N3O2/c25-17-7-8-22(21(28)11-17)29-23(32)20-13-31(12-15-3-1-5-18(26)9-15)30-24(20)33-14-16-4-2-6-19(27)10-16/h1-11,13H,12,14H2,(H,29,32). The maximum absolute atomic E-state index is 14.2. The molecule has 0 saturated carbocycles. The smallest absolute Gasteiger partial charge is 0.262 e. The Hall–Kier alpha value is -3.59. The zero-order valence-corrected chi connectivity index (χ0v) is 18.7. The summed E-state index contributed by atoms with van der Waals surface area (Å²) in [6.07, 6.45) is 1.43. The quantitative estimate of drug-likeness (QED) is 0.331. The molecule has 1 N–H and O–H groups in total. The van der Waals surface area contributed by atoms with Crippen LogP contribution in [0.4, 0.5) is 18.9 Å². The number of benzene rings is 3. The normalized spacial score (nSPS) is 10.8. The first kappa shape index (κ1) is 22.6. The van der Waals surface area contributed by atoms with E-state index in [1.165, 1.54) is 47.3 Å². The van der Waals surface area contributed by atoms with Gasteiger partial charge >= 0.3 is 0 Å². The van der Waals surface area contributed by atoms with Gasteiger partial charge in [0.2, 0.25) is 5.88 Å². The summed E-state index contributed by atoms with van der Waals surface area (Å²) in [6.45, 7) is 0.135. The van der Waals surface area contributed by atoms with Crippen LogP contribution in [0.15, 0.2) is 77.4 Å². The van der Waals surface area contributed by atoms with Crippen molar-refractivity contribution in [1.29, 1.82) is 0 Å². The van der Waals surface area contributed by atoms with E-state index in [1.807, 2.05) is 0 Å². The fraction of sp³-hybridized carbons (Fsp3) is 0.0833. The van der Waals surface area contributed by atoms with E-state index in [2.05, 4.69) is 26.3 Å². The van der Waals surface area contributed by atoms with Crippen LogP contribution in [0.5, 0.6) is 5.88 Å². The summed E-state index contributed by atoms with van der Waals surface area (Å²) in [5, 5.41) is 6.79. The Morgan fingerprint density at radius 3 is 2.36 bits per heavy atom. The largest absolute Gasteiger partial charge is 0.471 e. The number of hydrogen-bond donors (Lipinski definition) is 1. The van der Waals surface area contributed by atoms with Gasteiger partial charge in [0.1, 0.15) is 29.6 Å². The van der Waals surface area contributed by atoms with Crippen molar-refractivity contribution in [2.45, 2.75) is 13.2 Å². The van der Waals surface area contributed by atoms with Gasteiger partial charge < -0.3 is 10.1 Å². The second-order valence-corrected chi connectivity index (χ2v) is 8.09. The van der Waals surface area contributed by atoms with Crippen LogP contribution in [-0.4, -0.2) is 15.7 Å². The van der Waals surface area contributed by atoms with E-state index in [9.17, 15) is 18.0 Å². The van der Waals surface area contributed by atoms with Crippen LogP contribution in [0.3, 0.4) is 0 Å². The van der Waals surface area contributed by atoms with Crippen molar-refractivity contribution in [3.8, 4) is 5.88 Å². The summed E-state index contributed by atoms with van der Waals surface area (Å²) < 4.78 is 48.9. The van der Waals surface area contributed by atoms with E-state index in [-0.39, 0.29) is 30.3 Å². The van der Waals surface area contributed by atoms with Gasteiger partial charge in [0.05, 0.1) is 12.2 Å². The molecule has 0 atom stereocenters. The molecule has 33 heavy (non-hydrogen) atoms. The molecule has 4 rings (SSSR count). The second-order valence-electron chi connectivity index (χ2n) is 7.17. The number of aromatic nitrogens is 2. The van der Waals surface area contributed by atoms with Gasteiger partial charge in [0, 0.05) is 10.7 Å². The van der Waals surface area contributed by atoms with Crippen LogP contribution in [0, 0.1) is 17.5 Å². The lowest BCUT2D eigenvalue weighted by Crippen LogP contribution is -2.14. The third-order valence-electron chi connectivity index (χ3n) is 4.65. The Balaban J connectivity index is 1.60. The first-order valence-electron chi connectivity index (χ1n) is 9.83. The van der Waals surface area contributed by atoms with Gasteiger partial charge in [-0.3, -0.25) is 9.48 Å². The predicted molar refractivity (Wildman–Crippen MR) is 121 cm³/mol. The van der Waals surface area contributed by atoms with Crippen molar-refractivity contribution < 1.29 is 22.7 Å². The Kier molecular flexibility index (Phi) is 6.79. The SMILES string of the molecule is O=C(Nc1ccc(Br)cc1F)c1cn(Cc2cccc(F)c2)nc1OCc1cccc(F)c1. The highest BCUT2D eigenvalue weighted by Crippen LogP contribution is 2.23. The van der Waals surface area contributed by atoms with Gasteiger partial charge in [-0.2, -0.15) is 0 Å². The lowest BCUT2D eigenvalue weighted by molar-refractivity contribution is 0.102. The van der Waals surface area contributed by atoms with Crippen molar-refractivity contribution in [3.05, 3.63) is 112 Å². The highest BCUT2D eigenvalue weighted by atomic mass is 79.9. The number of ether oxygens (including phenoxy) is 1. The van der Waals surface area contributed by atoms with Gasteiger partial charge in [0.25, 0.3) is 5.91 Å². The lowest BCUT2D eigenvalue weighted by Gasteiger charge is -2.08. The Morgan fingerprint density at radius 2 is 1.67 bits per heavy atom. The zero-order chi connectivity index (χ0) is 23.4. The molecule has 4 aromatic rings. The molecule has 1 heterocycles. The summed E-state index contributed by atoms with van der Waals surface area (Å²) in [5.41, 5.74) is 1.20. The molecule has 0 bridgehead atoms. The number of rotatable bonds is 7. The maximum Gasteiger partial charge on any atom is 0.262 e. The van der Waals surface area contributed by atoms with Crippen LogP contribution in [0.25, 0.3) is 0 Å². The average molecular weight is 516 g/mol. The molecule has 168 valence electrons. The van der Waals surface area contributed by atoms with Crippen molar-refractivity contribution in [2.24, 2.45) is 0 Å². The highest BCUT2D eigenvalue weighted by Gasteiger charge is 2.20. The van der Waals surface area contributed by atoms with Gasteiger partial charge in [-0.25, -0.2) is 13.2 Å². The number of hydrogen-bond acceptors (Lipinski definition) is 3. The third-order valence-corrected chi connectivity index (χ3v) is 5.14. The minimum Gasteiger partial charge on any atom is -0.471 e. The summed E-state index contributed by atoms with van der Waals surface area (Å²) in [4.78, 5) is 12.9. The number of anilines is 1. The molecule has 0 radical (unpaired) electrons. The molecule has 0 saturated heterocycles.